The zero-order valence-electron chi connectivity index (χ0n) is 12.9. The lowest BCUT2D eigenvalue weighted by Crippen LogP contribution is -2.24. The molecule has 2 N–H and O–H groups in total. The molecule has 1 amide bonds. The number of thiophene rings is 1. The quantitative estimate of drug-likeness (QED) is 0.746. The van der Waals surface area contributed by atoms with Crippen LogP contribution in [0.5, 0.6) is 5.75 Å². The monoisotopic (exact) mass is 341 g/mol. The fourth-order valence-electron chi connectivity index (χ4n) is 2.14. The zero-order valence-corrected chi connectivity index (χ0v) is 13.7. The van der Waals surface area contributed by atoms with E-state index in [1.165, 1.54) is 12.1 Å². The minimum atomic E-state index is -0.339. The summed E-state index contributed by atoms with van der Waals surface area (Å²) < 4.78 is 5.15. The molecule has 0 aliphatic heterocycles. The molecule has 7 heteroatoms. The Morgan fingerprint density at radius 1 is 1.21 bits per heavy atom. The molecule has 1 aromatic carbocycles. The number of nitrogens with zero attached hydrogens (tertiary/aromatic N) is 1. The SMILES string of the molecule is COc1ccc(-c2csc(CNC(=O)c3ccc(=O)[nH]n3)c2)cc1. The van der Waals surface area contributed by atoms with Gasteiger partial charge in [0.25, 0.3) is 11.5 Å². The van der Waals surface area contributed by atoms with Crippen LogP contribution in [0.25, 0.3) is 11.1 Å². The lowest BCUT2D eigenvalue weighted by Gasteiger charge is -2.02. The van der Waals surface area contributed by atoms with Crippen LogP contribution >= 0.6 is 11.3 Å². The standard InChI is InChI=1S/C17H15N3O3S/c1-23-13-4-2-11(3-5-13)12-8-14(24-10-12)9-18-17(22)15-6-7-16(21)20-19-15/h2-8,10H,9H2,1H3,(H,18,22)(H,20,21). The Morgan fingerprint density at radius 3 is 2.67 bits per heavy atom. The Balaban J connectivity index is 1.64. The van der Waals surface area contributed by atoms with Crippen molar-refractivity contribution in [3.8, 4) is 16.9 Å². The van der Waals surface area contributed by atoms with Gasteiger partial charge in [-0.3, -0.25) is 9.59 Å². The Labute approximate surface area is 142 Å². The van der Waals surface area contributed by atoms with E-state index in [-0.39, 0.29) is 17.2 Å². The molecule has 2 heterocycles. The number of aromatic nitrogens is 2. The van der Waals surface area contributed by atoms with Gasteiger partial charge in [0.2, 0.25) is 0 Å². The van der Waals surface area contributed by atoms with E-state index in [4.69, 9.17) is 4.74 Å². The summed E-state index contributed by atoms with van der Waals surface area (Å²) in [5.74, 6) is 0.487. The van der Waals surface area contributed by atoms with Crippen molar-refractivity contribution < 1.29 is 9.53 Å². The van der Waals surface area contributed by atoms with Crippen molar-refractivity contribution in [1.29, 1.82) is 0 Å². The summed E-state index contributed by atoms with van der Waals surface area (Å²) in [6, 6.07) is 12.5. The molecule has 2 aromatic heterocycles. The van der Waals surface area contributed by atoms with E-state index in [1.54, 1.807) is 18.4 Å². The van der Waals surface area contributed by atoms with Gasteiger partial charge in [-0.2, -0.15) is 5.10 Å². The number of hydrogen-bond acceptors (Lipinski definition) is 5. The maximum atomic E-state index is 12.0. The first-order valence-electron chi connectivity index (χ1n) is 7.21. The Morgan fingerprint density at radius 2 is 2.00 bits per heavy atom. The number of amides is 1. The fraction of sp³-hybridized carbons (Fsp3) is 0.118. The number of nitrogens with one attached hydrogen (secondary N) is 2. The average molecular weight is 341 g/mol. The molecule has 0 radical (unpaired) electrons. The van der Waals surface area contributed by atoms with Crippen LogP contribution in [0.1, 0.15) is 15.4 Å². The number of methoxy groups -OCH3 is 1. The molecule has 0 unspecified atom stereocenters. The van der Waals surface area contributed by atoms with Gasteiger partial charge in [0.15, 0.2) is 0 Å². The molecular weight excluding hydrogens is 326 g/mol. The van der Waals surface area contributed by atoms with Crippen LogP contribution < -0.4 is 15.6 Å². The van der Waals surface area contributed by atoms with Crippen molar-refractivity contribution in [3.63, 3.8) is 0 Å². The van der Waals surface area contributed by atoms with Crippen LogP contribution in [0.15, 0.2) is 52.6 Å². The average Bonchev–Trinajstić information content (AvgIpc) is 3.09. The van der Waals surface area contributed by atoms with E-state index in [1.807, 2.05) is 35.7 Å². The van der Waals surface area contributed by atoms with Crippen LogP contribution in [0.4, 0.5) is 0 Å². The summed E-state index contributed by atoms with van der Waals surface area (Å²) in [7, 11) is 1.64. The zero-order chi connectivity index (χ0) is 16.9. The van der Waals surface area contributed by atoms with Gasteiger partial charge in [0.05, 0.1) is 13.7 Å². The molecule has 6 nitrogen and oxygen atoms in total. The Bertz CT molecular complexity index is 879. The molecule has 0 aliphatic rings. The van der Waals surface area contributed by atoms with E-state index >= 15 is 0 Å². The molecule has 0 saturated carbocycles. The summed E-state index contributed by atoms with van der Waals surface area (Å²) in [5.41, 5.74) is 2.02. The van der Waals surface area contributed by atoms with Gasteiger partial charge < -0.3 is 10.1 Å². The molecule has 0 bridgehead atoms. The van der Waals surface area contributed by atoms with Crippen molar-refractivity contribution in [2.75, 3.05) is 7.11 Å². The number of hydrogen-bond donors (Lipinski definition) is 2. The molecular formula is C17H15N3O3S. The number of carbonyl (C=O) groups is 1. The Hall–Kier alpha value is -2.93. The van der Waals surface area contributed by atoms with E-state index < -0.39 is 0 Å². The molecule has 0 saturated heterocycles. The smallest absolute Gasteiger partial charge is 0.272 e. The fourth-order valence-corrected chi connectivity index (χ4v) is 2.97. The maximum absolute atomic E-state index is 12.0. The van der Waals surface area contributed by atoms with Crippen molar-refractivity contribution >= 4 is 17.2 Å². The number of benzene rings is 1. The van der Waals surface area contributed by atoms with Gasteiger partial charge in [-0.25, -0.2) is 5.10 Å². The van der Waals surface area contributed by atoms with Crippen molar-refractivity contribution in [2.45, 2.75) is 6.54 Å². The maximum Gasteiger partial charge on any atom is 0.272 e. The number of aromatic amines is 1. The largest absolute Gasteiger partial charge is 0.497 e. The normalized spacial score (nSPS) is 10.4. The summed E-state index contributed by atoms with van der Waals surface area (Å²) in [6.07, 6.45) is 0. The summed E-state index contributed by atoms with van der Waals surface area (Å²) in [4.78, 5) is 23.9. The highest BCUT2D eigenvalue weighted by molar-refractivity contribution is 7.10. The minimum Gasteiger partial charge on any atom is -0.497 e. The van der Waals surface area contributed by atoms with Crippen LogP contribution in [-0.4, -0.2) is 23.2 Å². The first-order valence-corrected chi connectivity index (χ1v) is 8.09. The summed E-state index contributed by atoms with van der Waals surface area (Å²) in [6.45, 7) is 0.403. The predicted molar refractivity (Wildman–Crippen MR) is 92.3 cm³/mol. The lowest BCUT2D eigenvalue weighted by atomic mass is 10.1. The van der Waals surface area contributed by atoms with Crippen molar-refractivity contribution in [3.05, 3.63) is 68.8 Å². The summed E-state index contributed by atoms with van der Waals surface area (Å²) >= 11 is 1.57. The minimum absolute atomic E-state index is 0.182. The second kappa shape index (κ2) is 7.10. The molecule has 0 aliphatic carbocycles. The first kappa shape index (κ1) is 15.9. The van der Waals surface area contributed by atoms with Gasteiger partial charge in [-0.1, -0.05) is 12.1 Å². The third-order valence-electron chi connectivity index (χ3n) is 3.41. The molecule has 3 aromatic rings. The van der Waals surface area contributed by atoms with Crippen LogP contribution in [-0.2, 0) is 6.54 Å². The molecule has 0 atom stereocenters. The van der Waals surface area contributed by atoms with Crippen LogP contribution in [0.3, 0.4) is 0 Å². The number of rotatable bonds is 5. The molecule has 122 valence electrons. The third kappa shape index (κ3) is 3.69. The van der Waals surface area contributed by atoms with Gasteiger partial charge >= 0.3 is 0 Å². The van der Waals surface area contributed by atoms with E-state index in [0.29, 0.717) is 6.54 Å². The first-order chi connectivity index (χ1) is 11.7. The van der Waals surface area contributed by atoms with Crippen LogP contribution in [0, 0.1) is 0 Å². The topological polar surface area (TPSA) is 84.1 Å². The second-order valence-electron chi connectivity index (χ2n) is 5.02. The van der Waals surface area contributed by atoms with Gasteiger partial charge in [0.1, 0.15) is 11.4 Å². The lowest BCUT2D eigenvalue weighted by molar-refractivity contribution is 0.0945. The molecule has 0 fully saturated rings. The molecule has 24 heavy (non-hydrogen) atoms. The van der Waals surface area contributed by atoms with Crippen molar-refractivity contribution in [1.82, 2.24) is 15.5 Å². The van der Waals surface area contributed by atoms with Gasteiger partial charge in [-0.15, -0.1) is 11.3 Å². The van der Waals surface area contributed by atoms with Gasteiger partial charge in [-0.05, 0) is 40.8 Å². The second-order valence-corrected chi connectivity index (χ2v) is 6.02. The number of ether oxygens (including phenoxy) is 1. The number of H-pyrrole nitrogens is 1. The molecule has 0 spiro atoms. The molecule has 3 rings (SSSR count). The predicted octanol–water partition coefficient (Wildman–Crippen LogP) is 2.44. The summed E-state index contributed by atoms with van der Waals surface area (Å²) in [5, 5.41) is 10.8. The highest BCUT2D eigenvalue weighted by Crippen LogP contribution is 2.27. The van der Waals surface area contributed by atoms with E-state index in [0.717, 1.165) is 21.8 Å². The third-order valence-corrected chi connectivity index (χ3v) is 4.35. The Kier molecular flexibility index (Phi) is 4.72. The van der Waals surface area contributed by atoms with E-state index in [9.17, 15) is 9.59 Å². The van der Waals surface area contributed by atoms with Crippen molar-refractivity contribution in [2.24, 2.45) is 0 Å². The van der Waals surface area contributed by atoms with Gasteiger partial charge in [0, 0.05) is 10.9 Å². The highest BCUT2D eigenvalue weighted by Gasteiger charge is 2.08. The van der Waals surface area contributed by atoms with E-state index in [2.05, 4.69) is 15.5 Å². The highest BCUT2D eigenvalue weighted by atomic mass is 32.1. The van der Waals surface area contributed by atoms with Crippen LogP contribution in [0.2, 0.25) is 0 Å². The number of carbonyl (C=O) groups excluding carboxylic acids is 1.